The minimum atomic E-state index is -0.933. The molecule has 0 spiro atoms. The maximum atomic E-state index is 13.6. The highest BCUT2D eigenvalue weighted by Gasteiger charge is 2.23. The van der Waals surface area contributed by atoms with Crippen LogP contribution in [0, 0.1) is 17.6 Å². The molecule has 2 aromatic rings. The van der Waals surface area contributed by atoms with Crippen LogP contribution in [0.3, 0.4) is 0 Å². The van der Waals surface area contributed by atoms with E-state index in [2.05, 4.69) is 4.74 Å². The summed E-state index contributed by atoms with van der Waals surface area (Å²) < 4.78 is 36.9. The summed E-state index contributed by atoms with van der Waals surface area (Å²) in [7, 11) is 1.34. The van der Waals surface area contributed by atoms with E-state index in [4.69, 9.17) is 9.84 Å². The third kappa shape index (κ3) is 8.33. The van der Waals surface area contributed by atoms with Gasteiger partial charge in [-0.25, -0.2) is 23.3 Å². The summed E-state index contributed by atoms with van der Waals surface area (Å²) in [6.45, 7) is 0.125. The second-order valence-corrected chi connectivity index (χ2v) is 7.20. The number of amides is 1. The molecule has 1 aliphatic rings. The van der Waals surface area contributed by atoms with Crippen LogP contribution in [-0.4, -0.2) is 37.5 Å². The molecular weight excluding hydrogens is 408 g/mol. The van der Waals surface area contributed by atoms with Crippen LogP contribution < -0.4 is 4.90 Å². The van der Waals surface area contributed by atoms with E-state index < -0.39 is 23.7 Å². The summed E-state index contributed by atoms with van der Waals surface area (Å²) in [5.74, 6) is -1.52. The molecule has 2 aromatic carbocycles. The van der Waals surface area contributed by atoms with Crippen LogP contribution in [0.15, 0.2) is 48.5 Å². The van der Waals surface area contributed by atoms with Gasteiger partial charge in [0, 0.05) is 7.11 Å². The van der Waals surface area contributed by atoms with E-state index in [0.29, 0.717) is 23.9 Å². The zero-order valence-corrected chi connectivity index (χ0v) is 17.4. The van der Waals surface area contributed by atoms with Crippen LogP contribution in [0.5, 0.6) is 0 Å². The lowest BCUT2D eigenvalue weighted by Gasteiger charge is -2.25. The van der Waals surface area contributed by atoms with Gasteiger partial charge in [-0.1, -0.05) is 31.4 Å². The molecule has 31 heavy (non-hydrogen) atoms. The molecule has 0 aromatic heterocycles. The molecule has 0 atom stereocenters. The molecule has 1 fully saturated rings. The number of carboxylic acid groups (broad SMARTS) is 1. The Morgan fingerprint density at radius 1 is 1.00 bits per heavy atom. The number of anilines is 2. The molecule has 8 heteroatoms. The summed E-state index contributed by atoms with van der Waals surface area (Å²) in [6.07, 6.45) is 5.00. The van der Waals surface area contributed by atoms with Gasteiger partial charge in [0.2, 0.25) is 0 Å². The summed E-state index contributed by atoms with van der Waals surface area (Å²) in [6, 6.07) is 11.2. The summed E-state index contributed by atoms with van der Waals surface area (Å²) in [4.78, 5) is 23.3. The van der Waals surface area contributed by atoms with Gasteiger partial charge in [-0.05, 0) is 55.2 Å². The van der Waals surface area contributed by atoms with Crippen molar-refractivity contribution >= 4 is 23.4 Å². The molecule has 168 valence electrons. The number of carboxylic acids is 1. The van der Waals surface area contributed by atoms with Gasteiger partial charge in [0.1, 0.15) is 18.2 Å². The Labute approximate surface area is 180 Å². The largest absolute Gasteiger partial charge is 0.480 e. The Morgan fingerprint density at radius 3 is 1.97 bits per heavy atom. The van der Waals surface area contributed by atoms with Gasteiger partial charge in [-0.15, -0.1) is 0 Å². The van der Waals surface area contributed by atoms with Crippen molar-refractivity contribution in [1.82, 2.24) is 0 Å². The van der Waals surface area contributed by atoms with Gasteiger partial charge in [-0.2, -0.15) is 0 Å². The molecule has 1 amide bonds. The van der Waals surface area contributed by atoms with E-state index in [9.17, 15) is 18.4 Å². The maximum Gasteiger partial charge on any atom is 0.418 e. The van der Waals surface area contributed by atoms with E-state index in [1.165, 1.54) is 54.8 Å². The molecule has 0 unspecified atom stereocenters. The lowest BCUT2D eigenvalue weighted by Crippen LogP contribution is -2.29. The highest BCUT2D eigenvalue weighted by Crippen LogP contribution is 2.29. The number of hydrogen-bond donors (Lipinski definition) is 1. The van der Waals surface area contributed by atoms with Crippen molar-refractivity contribution in [2.75, 3.05) is 25.2 Å². The van der Waals surface area contributed by atoms with Crippen LogP contribution in [0.1, 0.15) is 32.1 Å². The fourth-order valence-corrected chi connectivity index (χ4v) is 3.32. The number of ether oxygens (including phenoxy) is 2. The Hall–Kier alpha value is -3.00. The lowest BCUT2D eigenvalue weighted by atomic mass is 9.90. The summed E-state index contributed by atoms with van der Waals surface area (Å²) >= 11 is 0. The molecule has 6 nitrogen and oxygen atoms in total. The van der Waals surface area contributed by atoms with Crippen molar-refractivity contribution in [1.29, 1.82) is 0 Å². The van der Waals surface area contributed by atoms with E-state index in [1.54, 1.807) is 12.1 Å². The Kier molecular flexibility index (Phi) is 9.90. The van der Waals surface area contributed by atoms with Gasteiger partial charge in [0.15, 0.2) is 0 Å². The Balaban J connectivity index is 0.000000501. The van der Waals surface area contributed by atoms with Gasteiger partial charge in [-0.3, -0.25) is 0 Å². The van der Waals surface area contributed by atoms with E-state index in [0.717, 1.165) is 25.7 Å². The highest BCUT2D eigenvalue weighted by molar-refractivity contribution is 5.95. The second-order valence-electron chi connectivity index (χ2n) is 7.20. The Bertz CT molecular complexity index is 810. The maximum absolute atomic E-state index is 13.6. The summed E-state index contributed by atoms with van der Waals surface area (Å²) in [5.41, 5.74) is 0.610. The summed E-state index contributed by atoms with van der Waals surface area (Å²) in [5, 5.41) is 7.79. The van der Waals surface area contributed by atoms with Crippen molar-refractivity contribution in [3.05, 3.63) is 60.2 Å². The molecule has 0 aliphatic heterocycles. The first kappa shape index (κ1) is 24.3. The zero-order valence-electron chi connectivity index (χ0n) is 17.4. The fraction of sp³-hybridized carbons (Fsp3) is 0.391. The van der Waals surface area contributed by atoms with Crippen LogP contribution in [0.2, 0.25) is 0 Å². The van der Waals surface area contributed by atoms with E-state index >= 15 is 0 Å². The number of methoxy groups -OCH3 is 1. The number of rotatable bonds is 6. The molecule has 0 heterocycles. The number of benzene rings is 2. The quantitative estimate of drug-likeness (QED) is 0.645. The van der Waals surface area contributed by atoms with Crippen LogP contribution >= 0.6 is 0 Å². The van der Waals surface area contributed by atoms with Gasteiger partial charge < -0.3 is 14.6 Å². The van der Waals surface area contributed by atoms with Crippen LogP contribution in [0.4, 0.5) is 25.0 Å². The molecule has 1 N–H and O–H groups in total. The van der Waals surface area contributed by atoms with E-state index in [-0.39, 0.29) is 6.61 Å². The topological polar surface area (TPSA) is 76.1 Å². The van der Waals surface area contributed by atoms with Crippen molar-refractivity contribution in [3.8, 4) is 0 Å². The van der Waals surface area contributed by atoms with Crippen molar-refractivity contribution in [2.45, 2.75) is 32.1 Å². The number of nitrogens with zero attached hydrogens (tertiary/aromatic N) is 1. The average molecular weight is 435 g/mol. The van der Waals surface area contributed by atoms with Gasteiger partial charge in [0.05, 0.1) is 18.0 Å². The predicted molar refractivity (Wildman–Crippen MR) is 112 cm³/mol. The molecular formula is C23H27F2NO5. The average Bonchev–Trinajstić information content (AvgIpc) is 2.74. The molecule has 1 aliphatic carbocycles. The van der Waals surface area contributed by atoms with Crippen molar-refractivity contribution < 1.29 is 33.0 Å². The van der Waals surface area contributed by atoms with Gasteiger partial charge >= 0.3 is 12.1 Å². The monoisotopic (exact) mass is 435 g/mol. The zero-order chi connectivity index (χ0) is 22.6. The molecule has 3 rings (SSSR count). The van der Waals surface area contributed by atoms with Crippen LogP contribution in [-0.2, 0) is 14.3 Å². The SMILES string of the molecule is COCC(=O)O.O=C(OCC1CCCCC1)N(c1cccc(F)c1)c1cccc(F)c1. The normalized spacial score (nSPS) is 13.6. The number of hydrogen-bond acceptors (Lipinski definition) is 4. The highest BCUT2D eigenvalue weighted by atomic mass is 19.1. The van der Waals surface area contributed by atoms with E-state index in [1.807, 2.05) is 0 Å². The molecule has 0 saturated heterocycles. The second kappa shape index (κ2) is 12.6. The standard InChI is InChI=1S/C20H21F2NO2.C3H6O3/c21-16-8-4-10-18(12-16)23(19-11-5-9-17(22)13-19)20(24)25-14-15-6-2-1-3-7-15;1-6-2-3(4)5/h4-5,8-13,15H,1-3,6-7,14H2;2H2,1H3,(H,4,5). The minimum absolute atomic E-state index is 0.208. The third-order valence-corrected chi connectivity index (χ3v) is 4.75. The first-order valence-corrected chi connectivity index (χ1v) is 10.1. The molecule has 0 radical (unpaired) electrons. The smallest absolute Gasteiger partial charge is 0.418 e. The number of aliphatic carboxylic acids is 1. The number of carbonyl (C=O) groups excluding carboxylic acids is 1. The Morgan fingerprint density at radius 2 is 1.55 bits per heavy atom. The first-order valence-electron chi connectivity index (χ1n) is 10.1. The fourth-order valence-electron chi connectivity index (χ4n) is 3.32. The van der Waals surface area contributed by atoms with Gasteiger partial charge in [0.25, 0.3) is 0 Å². The lowest BCUT2D eigenvalue weighted by molar-refractivity contribution is -0.141. The first-order chi connectivity index (χ1) is 14.9. The van der Waals surface area contributed by atoms with Crippen molar-refractivity contribution in [2.24, 2.45) is 5.92 Å². The molecule has 1 saturated carbocycles. The van der Waals surface area contributed by atoms with Crippen molar-refractivity contribution in [3.63, 3.8) is 0 Å². The predicted octanol–water partition coefficient (Wildman–Crippen LogP) is 5.54. The number of halogens is 2. The van der Waals surface area contributed by atoms with Crippen LogP contribution in [0.25, 0.3) is 0 Å². The minimum Gasteiger partial charge on any atom is -0.480 e. The molecule has 0 bridgehead atoms. The third-order valence-electron chi connectivity index (χ3n) is 4.75. The number of carbonyl (C=O) groups is 2.